The number of rotatable bonds is 2. The molecule has 0 radical (unpaired) electrons. The predicted molar refractivity (Wildman–Crippen MR) is 94.0 cm³/mol. The summed E-state index contributed by atoms with van der Waals surface area (Å²) in [5, 5.41) is 4.51. The lowest BCUT2D eigenvalue weighted by molar-refractivity contribution is 0.935. The van der Waals surface area contributed by atoms with Crippen LogP contribution < -0.4 is 5.19 Å². The van der Waals surface area contributed by atoms with Crippen LogP contribution in [0.4, 0.5) is 0 Å². The Bertz CT molecular complexity index is 797. The molecule has 0 heterocycles. The quantitative estimate of drug-likeness (QED) is 0.603. The zero-order valence-corrected chi connectivity index (χ0v) is 13.6. The van der Waals surface area contributed by atoms with Gasteiger partial charge in [-0.2, -0.15) is 0 Å². The molecule has 0 nitrogen and oxygen atoms in total. The number of hydrogen-bond acceptors (Lipinski definition) is 0. The molecule has 3 aromatic carbocycles. The molecule has 0 bridgehead atoms. The van der Waals surface area contributed by atoms with Crippen LogP contribution in [0, 0.1) is 0 Å². The molecule has 4 rings (SSSR count). The van der Waals surface area contributed by atoms with Gasteiger partial charge in [-0.25, -0.2) is 0 Å². The summed E-state index contributed by atoms with van der Waals surface area (Å²) >= 11 is 0. The van der Waals surface area contributed by atoms with E-state index < -0.39 is 8.07 Å². The Morgan fingerprint density at radius 3 is 2.29 bits per heavy atom. The Balaban J connectivity index is 1.88. The lowest BCUT2D eigenvalue weighted by atomic mass is 10.1. The second-order valence-electron chi connectivity index (χ2n) is 6.71. The van der Waals surface area contributed by atoms with Crippen molar-refractivity contribution >= 4 is 24.0 Å². The van der Waals surface area contributed by atoms with Gasteiger partial charge in [-0.1, -0.05) is 85.0 Å². The molecule has 0 amide bonds. The van der Waals surface area contributed by atoms with Crippen molar-refractivity contribution in [3.8, 4) is 0 Å². The first-order valence-electron chi connectivity index (χ1n) is 7.74. The smallest absolute Gasteiger partial charge is 0.0650 e. The lowest BCUT2D eigenvalue weighted by Crippen LogP contribution is -2.47. The highest BCUT2D eigenvalue weighted by Crippen LogP contribution is 2.42. The third-order valence-corrected chi connectivity index (χ3v) is 9.29. The Kier molecular flexibility index (Phi) is 2.80. The van der Waals surface area contributed by atoms with Gasteiger partial charge in [0, 0.05) is 0 Å². The fourth-order valence-corrected chi connectivity index (χ4v) is 7.16. The molecule has 0 saturated carbocycles. The third kappa shape index (κ3) is 1.88. The van der Waals surface area contributed by atoms with E-state index in [1.807, 2.05) is 0 Å². The summed E-state index contributed by atoms with van der Waals surface area (Å²) in [4.78, 5) is 0. The topological polar surface area (TPSA) is 0 Å². The van der Waals surface area contributed by atoms with Gasteiger partial charge >= 0.3 is 0 Å². The Morgan fingerprint density at radius 1 is 0.810 bits per heavy atom. The highest BCUT2D eigenvalue weighted by Gasteiger charge is 2.38. The van der Waals surface area contributed by atoms with E-state index in [-0.39, 0.29) is 0 Å². The largest absolute Gasteiger partial charge is 0.0883 e. The van der Waals surface area contributed by atoms with E-state index in [2.05, 4.69) is 79.8 Å². The van der Waals surface area contributed by atoms with Crippen molar-refractivity contribution in [1.82, 2.24) is 0 Å². The van der Waals surface area contributed by atoms with Gasteiger partial charge in [-0.15, -0.1) is 0 Å². The average molecular weight is 288 g/mol. The molecule has 1 unspecified atom stereocenters. The maximum Gasteiger partial charge on any atom is 0.0883 e. The number of hydrogen-bond donors (Lipinski definition) is 0. The third-order valence-electron chi connectivity index (χ3n) is 5.21. The summed E-state index contributed by atoms with van der Waals surface area (Å²) in [6.07, 6.45) is 1.21. The molecule has 0 saturated heterocycles. The summed E-state index contributed by atoms with van der Waals surface area (Å²) in [6, 6.07) is 24.8. The minimum absolute atomic E-state index is 0.695. The van der Waals surface area contributed by atoms with Crippen molar-refractivity contribution < 1.29 is 0 Å². The van der Waals surface area contributed by atoms with Gasteiger partial charge in [0.1, 0.15) is 0 Å². The molecule has 1 aliphatic rings. The molecule has 0 N–H and O–H groups in total. The Hall–Kier alpha value is -1.86. The highest BCUT2D eigenvalue weighted by atomic mass is 28.3. The normalized spacial score (nSPS) is 17.3. The second-order valence-corrected chi connectivity index (χ2v) is 11.4. The van der Waals surface area contributed by atoms with Crippen LogP contribution in [-0.2, 0) is 6.42 Å². The van der Waals surface area contributed by atoms with E-state index in [9.17, 15) is 0 Å². The fourth-order valence-electron chi connectivity index (χ4n) is 3.95. The maximum atomic E-state index is 2.53. The van der Waals surface area contributed by atoms with Gasteiger partial charge in [0.25, 0.3) is 0 Å². The molecule has 0 fully saturated rings. The molecule has 104 valence electrons. The zero-order valence-electron chi connectivity index (χ0n) is 12.6. The molecule has 3 aromatic rings. The van der Waals surface area contributed by atoms with E-state index in [0.717, 1.165) is 0 Å². The second kappa shape index (κ2) is 4.57. The van der Waals surface area contributed by atoms with Gasteiger partial charge in [0.15, 0.2) is 0 Å². The first-order valence-corrected chi connectivity index (χ1v) is 10.8. The monoisotopic (exact) mass is 288 g/mol. The summed E-state index contributed by atoms with van der Waals surface area (Å²) in [5.74, 6) is 0. The van der Waals surface area contributed by atoms with E-state index in [0.29, 0.717) is 5.54 Å². The molecule has 1 atom stereocenters. The van der Waals surface area contributed by atoms with Crippen LogP contribution in [0.15, 0.2) is 66.7 Å². The van der Waals surface area contributed by atoms with Crippen molar-refractivity contribution in [2.75, 3.05) is 0 Å². The summed E-state index contributed by atoms with van der Waals surface area (Å²) < 4.78 is 0. The van der Waals surface area contributed by atoms with Crippen molar-refractivity contribution in [2.24, 2.45) is 0 Å². The molecule has 1 aliphatic carbocycles. The van der Waals surface area contributed by atoms with Gasteiger partial charge in [-0.3, -0.25) is 0 Å². The summed E-state index contributed by atoms with van der Waals surface area (Å²) in [7, 11) is -1.52. The zero-order chi connectivity index (χ0) is 14.4. The molecule has 0 aliphatic heterocycles. The first-order chi connectivity index (χ1) is 10.2. The van der Waals surface area contributed by atoms with E-state index >= 15 is 0 Å². The van der Waals surface area contributed by atoms with Crippen molar-refractivity contribution in [3.63, 3.8) is 0 Å². The molecular weight excluding hydrogens is 268 g/mol. The van der Waals surface area contributed by atoms with Crippen LogP contribution >= 0.6 is 0 Å². The van der Waals surface area contributed by atoms with Crippen LogP contribution in [-0.4, -0.2) is 8.07 Å². The molecule has 0 spiro atoms. The molecule has 1 heteroatoms. The van der Waals surface area contributed by atoms with E-state index in [1.165, 1.54) is 17.2 Å². The number of benzene rings is 3. The van der Waals surface area contributed by atoms with Crippen molar-refractivity contribution in [3.05, 3.63) is 77.9 Å². The summed E-state index contributed by atoms with van der Waals surface area (Å²) in [6.45, 7) is 5.05. The average Bonchev–Trinajstić information content (AvgIpc) is 2.91. The lowest BCUT2D eigenvalue weighted by Gasteiger charge is -2.31. The van der Waals surface area contributed by atoms with Crippen LogP contribution in [0.25, 0.3) is 10.8 Å². The van der Waals surface area contributed by atoms with Gasteiger partial charge in [-0.05, 0) is 33.9 Å². The van der Waals surface area contributed by atoms with Gasteiger partial charge in [0.05, 0.1) is 8.07 Å². The Labute approximate surface area is 127 Å². The molecule has 21 heavy (non-hydrogen) atoms. The van der Waals surface area contributed by atoms with E-state index in [1.54, 1.807) is 16.3 Å². The minimum atomic E-state index is -1.52. The molecular formula is C20H20Si. The van der Waals surface area contributed by atoms with Gasteiger partial charge < -0.3 is 0 Å². The standard InChI is InChI=1S/C20H20Si/c1-21(2,17-11-4-3-5-12-17)19-14-16-10-6-8-15-9-7-13-18(19)20(15)16/h3-13,19H,14H2,1-2H3. The molecule has 0 aromatic heterocycles. The van der Waals surface area contributed by atoms with Crippen LogP contribution in [0.2, 0.25) is 13.1 Å². The summed E-state index contributed by atoms with van der Waals surface area (Å²) in [5.41, 5.74) is 3.83. The fraction of sp³-hybridized carbons (Fsp3) is 0.200. The van der Waals surface area contributed by atoms with Crippen LogP contribution in [0.3, 0.4) is 0 Å². The SMILES string of the molecule is C[Si](C)(c1ccccc1)C1Cc2cccc3cccc1c23. The maximum absolute atomic E-state index is 2.53. The Morgan fingerprint density at radius 2 is 1.52 bits per heavy atom. The van der Waals surface area contributed by atoms with Crippen LogP contribution in [0.5, 0.6) is 0 Å². The predicted octanol–water partition coefficient (Wildman–Crippen LogP) is 4.63. The van der Waals surface area contributed by atoms with Crippen molar-refractivity contribution in [2.45, 2.75) is 25.1 Å². The van der Waals surface area contributed by atoms with E-state index in [4.69, 9.17) is 0 Å². The van der Waals surface area contributed by atoms with Crippen LogP contribution in [0.1, 0.15) is 16.7 Å². The highest BCUT2D eigenvalue weighted by molar-refractivity contribution is 6.91. The first kappa shape index (κ1) is 12.8. The van der Waals surface area contributed by atoms with Gasteiger partial charge in [0.2, 0.25) is 0 Å². The minimum Gasteiger partial charge on any atom is -0.0650 e. The van der Waals surface area contributed by atoms with Crippen molar-refractivity contribution in [1.29, 1.82) is 0 Å².